The zero-order valence-electron chi connectivity index (χ0n) is 20.9. The van der Waals surface area contributed by atoms with Crippen molar-refractivity contribution < 1.29 is 4.79 Å². The number of rotatable bonds is 3. The van der Waals surface area contributed by atoms with E-state index in [4.69, 9.17) is 0 Å². The fraction of sp³-hybridized carbons (Fsp3) is 0.567. The number of hydrogen-bond donors (Lipinski definition) is 0. The van der Waals surface area contributed by atoms with Crippen molar-refractivity contribution in [1.29, 1.82) is 0 Å². The second kappa shape index (κ2) is 8.67. The zero-order valence-corrected chi connectivity index (χ0v) is 20.9. The van der Waals surface area contributed by atoms with Crippen LogP contribution in [0.5, 0.6) is 0 Å². The van der Waals surface area contributed by atoms with E-state index in [0.29, 0.717) is 23.8 Å². The third-order valence-corrected chi connectivity index (χ3v) is 9.56. The van der Waals surface area contributed by atoms with Gasteiger partial charge in [-0.05, 0) is 63.3 Å². The van der Waals surface area contributed by atoms with Gasteiger partial charge in [0.25, 0.3) is 0 Å². The summed E-state index contributed by atoms with van der Waals surface area (Å²) in [4.78, 5) is 15.7. The second-order valence-electron chi connectivity index (χ2n) is 11.8. The molecule has 3 heteroatoms. The minimum Gasteiger partial charge on any atom is -0.299 e. The highest BCUT2D eigenvalue weighted by atomic mass is 16.1. The molecule has 2 bridgehead atoms. The average molecular weight is 446 g/mol. The van der Waals surface area contributed by atoms with E-state index in [1.165, 1.54) is 17.7 Å². The lowest BCUT2D eigenvalue weighted by Gasteiger charge is -2.52. The third-order valence-electron chi connectivity index (χ3n) is 9.56. The van der Waals surface area contributed by atoms with Crippen LogP contribution in [0.15, 0.2) is 60.7 Å². The molecule has 1 aliphatic heterocycles. The maximum absolute atomic E-state index is 13.0. The first-order chi connectivity index (χ1) is 15.8. The first kappa shape index (κ1) is 22.8. The normalized spacial score (nSPS) is 39.8. The van der Waals surface area contributed by atoms with Crippen LogP contribution in [0.4, 0.5) is 5.69 Å². The van der Waals surface area contributed by atoms with Gasteiger partial charge >= 0.3 is 0 Å². The number of fused-ring (bicyclic) bond motifs is 2. The van der Waals surface area contributed by atoms with Crippen LogP contribution in [-0.2, 0) is 4.79 Å². The van der Waals surface area contributed by atoms with Crippen molar-refractivity contribution in [3.8, 4) is 0 Å². The van der Waals surface area contributed by atoms with Gasteiger partial charge in [0, 0.05) is 23.3 Å². The number of benzene rings is 2. The van der Waals surface area contributed by atoms with Crippen LogP contribution in [0.25, 0.3) is 0 Å². The number of Topliss-reactive ketones (excluding diaryl/α,β-unsaturated/α-hetero) is 1. The van der Waals surface area contributed by atoms with Gasteiger partial charge in [-0.25, -0.2) is 0 Å². The van der Waals surface area contributed by atoms with E-state index in [-0.39, 0.29) is 17.3 Å². The van der Waals surface area contributed by atoms with Gasteiger partial charge in [0.2, 0.25) is 0 Å². The Kier molecular flexibility index (Phi) is 5.99. The summed E-state index contributed by atoms with van der Waals surface area (Å²) < 4.78 is 0.950. The SMILES string of the molecule is CC1C[N+](C)(c2ccccc2)CC(C)(C2CC3CCCC(C2)C3=O)C(c2ccccc2)N1C. The van der Waals surface area contributed by atoms with Crippen LogP contribution in [0.1, 0.15) is 57.6 Å². The van der Waals surface area contributed by atoms with Crippen molar-refractivity contribution in [2.24, 2.45) is 23.2 Å². The molecule has 3 fully saturated rings. The highest BCUT2D eigenvalue weighted by Crippen LogP contribution is 2.55. The van der Waals surface area contributed by atoms with Crippen molar-refractivity contribution in [3.63, 3.8) is 0 Å². The summed E-state index contributed by atoms with van der Waals surface area (Å²) in [5, 5.41) is 0. The van der Waals surface area contributed by atoms with Crippen molar-refractivity contribution in [2.75, 3.05) is 27.2 Å². The average Bonchev–Trinajstić information content (AvgIpc) is 2.87. The zero-order chi connectivity index (χ0) is 23.2. The van der Waals surface area contributed by atoms with Crippen molar-refractivity contribution >= 4 is 11.5 Å². The molecule has 1 heterocycles. The third kappa shape index (κ3) is 3.98. The van der Waals surface area contributed by atoms with Gasteiger partial charge in [0.05, 0.1) is 26.2 Å². The van der Waals surface area contributed by atoms with E-state index in [1.807, 2.05) is 0 Å². The second-order valence-corrected chi connectivity index (χ2v) is 11.8. The van der Waals surface area contributed by atoms with Crippen LogP contribution in [0.2, 0.25) is 0 Å². The summed E-state index contributed by atoms with van der Waals surface area (Å²) in [5.74, 6) is 1.71. The number of likely N-dealkylation sites (N-methyl/N-ethyl adjacent to an activating group) is 2. The molecule has 2 aliphatic carbocycles. The van der Waals surface area contributed by atoms with E-state index in [9.17, 15) is 4.79 Å². The Hall–Kier alpha value is -1.97. The number of carbonyl (C=O) groups is 1. The van der Waals surface area contributed by atoms with Crippen LogP contribution in [0, 0.1) is 23.2 Å². The highest BCUT2D eigenvalue weighted by molar-refractivity contribution is 5.84. The number of nitrogens with zero attached hydrogens (tertiary/aromatic N) is 2. The Labute approximate surface area is 200 Å². The van der Waals surface area contributed by atoms with Gasteiger partial charge in [-0.15, -0.1) is 0 Å². The smallest absolute Gasteiger partial charge is 0.139 e. The van der Waals surface area contributed by atoms with E-state index in [2.05, 4.69) is 93.5 Å². The molecule has 3 nitrogen and oxygen atoms in total. The molecule has 0 aromatic heterocycles. The molecule has 2 aromatic carbocycles. The molecular formula is C30H41N2O+. The molecule has 2 saturated carbocycles. The Morgan fingerprint density at radius 1 is 0.939 bits per heavy atom. The minimum atomic E-state index is 0.0694. The van der Waals surface area contributed by atoms with Gasteiger partial charge in [-0.2, -0.15) is 0 Å². The number of para-hydroxylation sites is 1. The van der Waals surface area contributed by atoms with Crippen molar-refractivity contribution in [2.45, 2.75) is 58.0 Å². The van der Waals surface area contributed by atoms with Crippen LogP contribution in [0.3, 0.4) is 0 Å². The first-order valence-electron chi connectivity index (χ1n) is 13.0. The lowest BCUT2D eigenvalue weighted by molar-refractivity contribution is -0.136. The Balaban J connectivity index is 1.63. The highest BCUT2D eigenvalue weighted by Gasteiger charge is 2.56. The molecule has 176 valence electrons. The topological polar surface area (TPSA) is 20.3 Å². The number of hydrogen-bond acceptors (Lipinski definition) is 2. The number of carbonyl (C=O) groups excluding carboxylic acids is 1. The fourth-order valence-electron chi connectivity index (χ4n) is 7.94. The van der Waals surface area contributed by atoms with Crippen molar-refractivity contribution in [3.05, 3.63) is 66.2 Å². The summed E-state index contributed by atoms with van der Waals surface area (Å²) in [5.41, 5.74) is 2.91. The molecule has 33 heavy (non-hydrogen) atoms. The molecular weight excluding hydrogens is 404 g/mol. The Morgan fingerprint density at radius 3 is 2.12 bits per heavy atom. The lowest BCUT2D eigenvalue weighted by atomic mass is 9.57. The van der Waals surface area contributed by atoms with Gasteiger partial charge in [-0.1, -0.05) is 61.9 Å². The summed E-state index contributed by atoms with van der Waals surface area (Å²) >= 11 is 0. The maximum atomic E-state index is 13.0. The molecule has 0 radical (unpaired) electrons. The minimum absolute atomic E-state index is 0.0694. The number of quaternary nitrogens is 1. The predicted octanol–water partition coefficient (Wildman–Crippen LogP) is 6.10. The van der Waals surface area contributed by atoms with Gasteiger partial charge in [-0.3, -0.25) is 14.2 Å². The molecule has 0 N–H and O–H groups in total. The van der Waals surface area contributed by atoms with Crippen LogP contribution >= 0.6 is 0 Å². The predicted molar refractivity (Wildman–Crippen MR) is 137 cm³/mol. The van der Waals surface area contributed by atoms with Gasteiger partial charge in [0.1, 0.15) is 11.5 Å². The summed E-state index contributed by atoms with van der Waals surface area (Å²) in [6, 6.07) is 23.1. The van der Waals surface area contributed by atoms with E-state index < -0.39 is 0 Å². The summed E-state index contributed by atoms with van der Waals surface area (Å²) in [6.45, 7) is 7.16. The molecule has 5 rings (SSSR count). The van der Waals surface area contributed by atoms with Crippen LogP contribution < -0.4 is 4.48 Å². The largest absolute Gasteiger partial charge is 0.299 e. The standard InChI is InChI=1S/C30H41N2O/c1-22-20-32(4,27-16-9-6-10-17-27)21-30(2,29(31(22)3)23-12-7-5-8-13-23)26-18-24-14-11-15-25(19-26)28(24)33/h5-10,12-13,16-17,22,24-26,29H,11,14-15,18-21H2,1-4H3/q+1. The molecule has 6 atom stereocenters. The van der Waals surface area contributed by atoms with Crippen molar-refractivity contribution in [1.82, 2.24) is 9.38 Å². The van der Waals surface area contributed by atoms with Gasteiger partial charge < -0.3 is 0 Å². The lowest BCUT2D eigenvalue weighted by Crippen LogP contribution is -2.56. The summed E-state index contributed by atoms with van der Waals surface area (Å²) in [6.07, 6.45) is 5.60. The fourth-order valence-corrected chi connectivity index (χ4v) is 7.94. The summed E-state index contributed by atoms with van der Waals surface area (Å²) in [7, 11) is 4.79. The molecule has 1 saturated heterocycles. The molecule has 6 unspecified atom stereocenters. The first-order valence-corrected chi connectivity index (χ1v) is 13.0. The van der Waals surface area contributed by atoms with E-state index >= 15 is 0 Å². The Morgan fingerprint density at radius 2 is 1.52 bits per heavy atom. The molecule has 0 amide bonds. The molecule has 2 aromatic rings. The molecule has 3 aliphatic rings. The number of ketones is 1. The van der Waals surface area contributed by atoms with Crippen LogP contribution in [-0.4, -0.2) is 43.9 Å². The quantitative estimate of drug-likeness (QED) is 0.532. The monoisotopic (exact) mass is 445 g/mol. The molecule has 0 spiro atoms. The maximum Gasteiger partial charge on any atom is 0.139 e. The van der Waals surface area contributed by atoms with E-state index in [1.54, 1.807) is 0 Å². The van der Waals surface area contributed by atoms with Gasteiger partial charge in [0.15, 0.2) is 0 Å². The Bertz CT molecular complexity index is 959. The van der Waals surface area contributed by atoms with E-state index in [0.717, 1.165) is 43.3 Å².